The van der Waals surface area contributed by atoms with E-state index in [1.807, 2.05) is 65.6 Å². The van der Waals surface area contributed by atoms with Crippen molar-refractivity contribution in [2.45, 2.75) is 62.8 Å². The summed E-state index contributed by atoms with van der Waals surface area (Å²) in [6.45, 7) is 0. The largest absolute Gasteiger partial charge is 0.490 e. The van der Waals surface area contributed by atoms with Gasteiger partial charge in [0, 0.05) is 41.4 Å². The van der Waals surface area contributed by atoms with E-state index in [0.717, 1.165) is 78.4 Å². The Kier molecular flexibility index (Phi) is 6.06. The van der Waals surface area contributed by atoms with E-state index in [1.54, 1.807) is 0 Å². The Morgan fingerprint density at radius 1 is 0.974 bits per heavy atom. The summed E-state index contributed by atoms with van der Waals surface area (Å²) in [5, 5.41) is 11.9. The second-order valence-corrected chi connectivity index (χ2v) is 11.2. The first-order chi connectivity index (χ1) is 19.2. The van der Waals surface area contributed by atoms with E-state index in [4.69, 9.17) is 4.74 Å². The Bertz CT molecular complexity index is 1480. The highest BCUT2D eigenvalue weighted by molar-refractivity contribution is 6.01. The van der Waals surface area contributed by atoms with Gasteiger partial charge in [0.15, 0.2) is 0 Å². The number of benzene rings is 3. The molecule has 2 unspecified atom stereocenters. The first-order valence-corrected chi connectivity index (χ1v) is 14.0. The van der Waals surface area contributed by atoms with Gasteiger partial charge in [0.25, 0.3) is 5.91 Å². The van der Waals surface area contributed by atoms with Gasteiger partial charge in [-0.05, 0) is 79.6 Å². The third-order valence-electron chi connectivity index (χ3n) is 8.66. The van der Waals surface area contributed by atoms with Crippen molar-refractivity contribution in [1.29, 1.82) is 0 Å². The summed E-state index contributed by atoms with van der Waals surface area (Å²) in [5.74, 6) is 1.26. The molecular formula is C32H32N4O3. The Morgan fingerprint density at radius 3 is 2.41 bits per heavy atom. The number of hydrogen-bond donors (Lipinski definition) is 2. The average Bonchev–Trinajstić information content (AvgIpc) is 3.67. The number of nitrogens with one attached hydrogen (secondary N) is 2. The van der Waals surface area contributed by atoms with Crippen molar-refractivity contribution >= 4 is 23.2 Å². The van der Waals surface area contributed by atoms with Crippen LogP contribution in [-0.2, 0) is 4.79 Å². The van der Waals surface area contributed by atoms with Gasteiger partial charge in [-0.2, -0.15) is 5.10 Å². The molecule has 1 aliphatic carbocycles. The van der Waals surface area contributed by atoms with Crippen molar-refractivity contribution in [3.8, 4) is 17.0 Å². The maximum absolute atomic E-state index is 13.3. The number of nitrogens with zero attached hydrogens (tertiary/aromatic N) is 2. The molecule has 3 aliphatic rings. The number of amides is 2. The summed E-state index contributed by atoms with van der Waals surface area (Å²) < 4.78 is 6.31. The average molecular weight is 521 g/mol. The van der Waals surface area contributed by atoms with E-state index in [1.165, 1.54) is 0 Å². The molecule has 3 fully saturated rings. The van der Waals surface area contributed by atoms with Crippen LogP contribution in [0.3, 0.4) is 0 Å². The van der Waals surface area contributed by atoms with Crippen LogP contribution >= 0.6 is 0 Å². The highest BCUT2D eigenvalue weighted by Crippen LogP contribution is 2.41. The number of aromatic nitrogens is 2. The molecule has 198 valence electrons. The van der Waals surface area contributed by atoms with Gasteiger partial charge in [-0.3, -0.25) is 14.7 Å². The molecule has 2 saturated heterocycles. The molecule has 0 radical (unpaired) electrons. The lowest BCUT2D eigenvalue weighted by molar-refractivity contribution is -0.123. The number of H-pyrrole nitrogens is 1. The van der Waals surface area contributed by atoms with Crippen LogP contribution in [0.5, 0.6) is 5.75 Å². The van der Waals surface area contributed by atoms with Crippen molar-refractivity contribution in [2.75, 3.05) is 0 Å². The lowest BCUT2D eigenvalue weighted by Gasteiger charge is -2.36. The second-order valence-electron chi connectivity index (χ2n) is 11.2. The van der Waals surface area contributed by atoms with Gasteiger partial charge in [-0.25, -0.2) is 0 Å². The summed E-state index contributed by atoms with van der Waals surface area (Å²) in [6.07, 6.45) is 7.34. The summed E-state index contributed by atoms with van der Waals surface area (Å²) in [4.78, 5) is 26.7. The van der Waals surface area contributed by atoms with Gasteiger partial charge in [-0.1, -0.05) is 30.3 Å². The fourth-order valence-corrected chi connectivity index (χ4v) is 6.48. The van der Waals surface area contributed by atoms with E-state index in [9.17, 15) is 9.59 Å². The molecule has 2 aliphatic heterocycles. The summed E-state index contributed by atoms with van der Waals surface area (Å²) in [7, 11) is 0. The molecule has 0 spiro atoms. The molecular weight excluding hydrogens is 488 g/mol. The minimum Gasteiger partial charge on any atom is -0.490 e. The molecule has 4 aromatic rings. The highest BCUT2D eigenvalue weighted by atomic mass is 16.5. The van der Waals surface area contributed by atoms with Gasteiger partial charge in [0.05, 0.1) is 17.3 Å². The fourth-order valence-electron chi connectivity index (χ4n) is 6.48. The maximum atomic E-state index is 13.3. The predicted molar refractivity (Wildman–Crippen MR) is 149 cm³/mol. The summed E-state index contributed by atoms with van der Waals surface area (Å²) in [5.41, 5.74) is 4.44. The molecule has 1 saturated carbocycles. The molecule has 7 rings (SSSR count). The minimum absolute atomic E-state index is 0.0339. The normalized spacial score (nSPS) is 23.0. The minimum atomic E-state index is -0.0665. The second kappa shape index (κ2) is 9.88. The maximum Gasteiger partial charge on any atom is 0.251 e. The zero-order valence-electron chi connectivity index (χ0n) is 21.8. The van der Waals surface area contributed by atoms with Gasteiger partial charge < -0.3 is 15.0 Å². The van der Waals surface area contributed by atoms with Crippen LogP contribution in [0.4, 0.5) is 0 Å². The van der Waals surface area contributed by atoms with E-state index in [-0.39, 0.29) is 18.1 Å². The van der Waals surface area contributed by atoms with E-state index < -0.39 is 0 Å². The number of piperidine rings is 1. The van der Waals surface area contributed by atoms with Gasteiger partial charge >= 0.3 is 0 Å². The molecule has 2 amide bonds. The van der Waals surface area contributed by atoms with E-state index >= 15 is 0 Å². The molecule has 7 nitrogen and oxygen atoms in total. The summed E-state index contributed by atoms with van der Waals surface area (Å²) >= 11 is 0. The number of rotatable bonds is 8. The highest BCUT2D eigenvalue weighted by Gasteiger charge is 2.41. The van der Waals surface area contributed by atoms with Crippen molar-refractivity contribution < 1.29 is 14.3 Å². The number of ether oxygens (including phenoxy) is 1. The Morgan fingerprint density at radius 2 is 1.72 bits per heavy atom. The monoisotopic (exact) mass is 520 g/mol. The predicted octanol–water partition coefficient (Wildman–Crippen LogP) is 5.64. The zero-order valence-corrected chi connectivity index (χ0v) is 21.8. The molecule has 39 heavy (non-hydrogen) atoms. The third kappa shape index (κ3) is 4.67. The molecule has 2 N–H and O–H groups in total. The van der Waals surface area contributed by atoms with Gasteiger partial charge in [0.2, 0.25) is 6.41 Å². The van der Waals surface area contributed by atoms with Crippen LogP contribution < -0.4 is 10.1 Å². The molecule has 1 aromatic heterocycles. The van der Waals surface area contributed by atoms with Gasteiger partial charge in [0.1, 0.15) is 11.9 Å². The Hall–Kier alpha value is -4.13. The standard InChI is InChI=1S/C32H32N4O3/c37-19-36-24-11-12-25(36)18-27(17-24)39-26-13-8-22(9-14-26)31-28-16-23(10-15-29(28)34-35-31)32(38)33-30(21-6-7-21)20-4-2-1-3-5-20/h1-5,8-10,13-16,19,21,24-25,27,30H,6-7,11-12,17-18H2,(H,33,38)(H,34,35)/t24-,25+,27?,30?. The van der Waals surface area contributed by atoms with Crippen molar-refractivity contribution in [1.82, 2.24) is 20.4 Å². The van der Waals surface area contributed by atoms with Crippen LogP contribution in [0.25, 0.3) is 22.2 Å². The smallest absolute Gasteiger partial charge is 0.251 e. The van der Waals surface area contributed by atoms with Crippen LogP contribution in [0.2, 0.25) is 0 Å². The molecule has 2 bridgehead atoms. The lowest BCUT2D eigenvalue weighted by atomic mass is 10.0. The van der Waals surface area contributed by atoms with Crippen LogP contribution in [0.1, 0.15) is 60.5 Å². The van der Waals surface area contributed by atoms with E-state index in [2.05, 4.69) is 27.6 Å². The van der Waals surface area contributed by atoms with Crippen molar-refractivity contribution in [3.05, 3.63) is 83.9 Å². The number of carbonyl (C=O) groups excluding carboxylic acids is 2. The summed E-state index contributed by atoms with van der Waals surface area (Å²) in [6, 6.07) is 24.6. The Labute approximate surface area is 227 Å². The van der Waals surface area contributed by atoms with Crippen LogP contribution in [0.15, 0.2) is 72.8 Å². The SMILES string of the molecule is O=CN1[C@@H]2CC[C@H]1CC(Oc1ccc(-c3n[nH]c4ccc(C(=O)NC(c5ccccc5)C5CC5)cc34)cc1)C2. The first-order valence-electron chi connectivity index (χ1n) is 14.0. The quantitative estimate of drug-likeness (QED) is 0.294. The van der Waals surface area contributed by atoms with Crippen molar-refractivity contribution in [3.63, 3.8) is 0 Å². The molecule has 7 heteroatoms. The van der Waals surface area contributed by atoms with Crippen molar-refractivity contribution in [2.24, 2.45) is 5.92 Å². The Balaban J connectivity index is 1.08. The molecule has 3 heterocycles. The van der Waals surface area contributed by atoms with E-state index in [0.29, 0.717) is 23.6 Å². The first kappa shape index (κ1) is 23.9. The number of aromatic amines is 1. The number of hydrogen-bond acceptors (Lipinski definition) is 4. The zero-order chi connectivity index (χ0) is 26.3. The topological polar surface area (TPSA) is 87.3 Å². The third-order valence-corrected chi connectivity index (χ3v) is 8.66. The number of carbonyl (C=O) groups is 2. The van der Waals surface area contributed by atoms with Crippen LogP contribution in [0, 0.1) is 5.92 Å². The fraction of sp³-hybridized carbons (Fsp3) is 0.344. The van der Waals surface area contributed by atoms with Gasteiger partial charge in [-0.15, -0.1) is 0 Å². The molecule has 3 aromatic carbocycles. The van der Waals surface area contributed by atoms with Crippen LogP contribution in [-0.4, -0.2) is 45.6 Å². The molecule has 4 atom stereocenters. The lowest BCUT2D eigenvalue weighted by Crippen LogP contribution is -2.45. The number of fused-ring (bicyclic) bond motifs is 3.